The molecule has 0 spiro atoms. The third-order valence-electron chi connectivity index (χ3n) is 3.92. The number of hydrogen-bond acceptors (Lipinski definition) is 6. The van der Waals surface area contributed by atoms with Gasteiger partial charge in [0.15, 0.2) is 0 Å². The van der Waals surface area contributed by atoms with Crippen molar-refractivity contribution < 1.29 is 13.2 Å². The van der Waals surface area contributed by atoms with Crippen LogP contribution in [0.25, 0.3) is 0 Å². The summed E-state index contributed by atoms with van der Waals surface area (Å²) in [7, 11) is -0.564. The largest absolute Gasteiger partial charge is 0.492 e. The van der Waals surface area contributed by atoms with E-state index in [0.717, 1.165) is 4.31 Å². The zero-order valence-corrected chi connectivity index (χ0v) is 15.9. The molecule has 1 heterocycles. The van der Waals surface area contributed by atoms with Gasteiger partial charge in [-0.3, -0.25) is 4.79 Å². The first-order chi connectivity index (χ1) is 12.2. The van der Waals surface area contributed by atoms with Crippen molar-refractivity contribution in [2.75, 3.05) is 20.7 Å². The Morgan fingerprint density at radius 3 is 2.38 bits per heavy atom. The second kappa shape index (κ2) is 7.68. The SMILES string of the molecule is Cc1nn(CCOc2ccc(S(=O)(=O)N(C)C)cc2)c(=O)c(C#N)c1C. The molecule has 0 aliphatic heterocycles. The highest BCUT2D eigenvalue weighted by atomic mass is 32.2. The van der Waals surface area contributed by atoms with Crippen LogP contribution in [0.4, 0.5) is 0 Å². The minimum Gasteiger partial charge on any atom is -0.492 e. The molecule has 2 rings (SSSR count). The van der Waals surface area contributed by atoms with Gasteiger partial charge in [-0.05, 0) is 43.7 Å². The van der Waals surface area contributed by atoms with Crippen molar-refractivity contribution in [2.24, 2.45) is 0 Å². The van der Waals surface area contributed by atoms with Crippen LogP contribution < -0.4 is 10.3 Å². The van der Waals surface area contributed by atoms with Gasteiger partial charge >= 0.3 is 0 Å². The number of aromatic nitrogens is 2. The lowest BCUT2D eigenvalue weighted by molar-refractivity contribution is 0.287. The molecule has 1 aromatic carbocycles. The number of hydrogen-bond donors (Lipinski definition) is 0. The van der Waals surface area contributed by atoms with E-state index in [1.165, 1.54) is 30.9 Å². The van der Waals surface area contributed by atoms with Crippen molar-refractivity contribution in [3.8, 4) is 11.8 Å². The van der Waals surface area contributed by atoms with Gasteiger partial charge in [0.05, 0.1) is 17.1 Å². The first-order valence-electron chi connectivity index (χ1n) is 7.82. The summed E-state index contributed by atoms with van der Waals surface area (Å²) in [5.41, 5.74) is 0.814. The van der Waals surface area contributed by atoms with Gasteiger partial charge in [-0.2, -0.15) is 10.4 Å². The van der Waals surface area contributed by atoms with Gasteiger partial charge in [-0.15, -0.1) is 0 Å². The van der Waals surface area contributed by atoms with Crippen LogP contribution in [0.3, 0.4) is 0 Å². The van der Waals surface area contributed by atoms with Gasteiger partial charge < -0.3 is 4.74 Å². The van der Waals surface area contributed by atoms with E-state index in [1.54, 1.807) is 26.0 Å². The maximum Gasteiger partial charge on any atom is 0.285 e. The van der Waals surface area contributed by atoms with Crippen LogP contribution in [-0.2, 0) is 16.6 Å². The fourth-order valence-electron chi connectivity index (χ4n) is 2.22. The average Bonchev–Trinajstić information content (AvgIpc) is 2.60. The zero-order chi connectivity index (χ0) is 19.5. The van der Waals surface area contributed by atoms with Crippen molar-refractivity contribution in [3.63, 3.8) is 0 Å². The summed E-state index contributed by atoms with van der Waals surface area (Å²) in [4.78, 5) is 12.4. The Balaban J connectivity index is 2.09. The fraction of sp³-hybridized carbons (Fsp3) is 0.353. The minimum absolute atomic E-state index is 0.0794. The lowest BCUT2D eigenvalue weighted by Crippen LogP contribution is -2.29. The van der Waals surface area contributed by atoms with E-state index in [9.17, 15) is 13.2 Å². The Hall–Kier alpha value is -2.70. The molecular formula is C17H20N4O4S. The van der Waals surface area contributed by atoms with Crippen LogP contribution in [0.15, 0.2) is 34.0 Å². The first-order valence-corrected chi connectivity index (χ1v) is 9.26. The van der Waals surface area contributed by atoms with E-state index in [-0.39, 0.29) is 23.6 Å². The molecule has 0 unspecified atom stereocenters. The van der Waals surface area contributed by atoms with Crippen molar-refractivity contribution in [1.82, 2.24) is 14.1 Å². The summed E-state index contributed by atoms with van der Waals surface area (Å²) in [5.74, 6) is 0.472. The second-order valence-corrected chi connectivity index (χ2v) is 7.98. The molecule has 0 radical (unpaired) electrons. The summed E-state index contributed by atoms with van der Waals surface area (Å²) in [5, 5.41) is 13.3. The molecular weight excluding hydrogens is 356 g/mol. The second-order valence-electron chi connectivity index (χ2n) is 5.83. The fourth-order valence-corrected chi connectivity index (χ4v) is 3.13. The van der Waals surface area contributed by atoms with Crippen LogP contribution in [-0.4, -0.2) is 43.2 Å². The summed E-state index contributed by atoms with van der Waals surface area (Å²) < 4.78 is 31.9. The molecule has 2 aromatic rings. The average molecular weight is 376 g/mol. The number of benzene rings is 1. The van der Waals surface area contributed by atoms with Gasteiger partial charge in [0.2, 0.25) is 10.0 Å². The van der Waals surface area contributed by atoms with E-state index >= 15 is 0 Å². The topological polar surface area (TPSA) is 105 Å². The molecule has 0 amide bonds. The normalized spacial score (nSPS) is 11.4. The Labute approximate surface area is 152 Å². The minimum atomic E-state index is -3.49. The van der Waals surface area contributed by atoms with Crippen molar-refractivity contribution in [2.45, 2.75) is 25.3 Å². The predicted octanol–water partition coefficient (Wildman–Crippen LogP) is 1.06. The standard InChI is InChI=1S/C17H20N4O4S/c1-12-13(2)19-21(17(22)16(12)11-18)9-10-25-14-5-7-15(8-6-14)26(23,24)20(3)4/h5-8H,9-10H2,1-4H3. The number of nitrogens with zero attached hydrogens (tertiary/aromatic N) is 4. The van der Waals surface area contributed by atoms with Crippen molar-refractivity contribution in [1.29, 1.82) is 5.26 Å². The highest BCUT2D eigenvalue weighted by Crippen LogP contribution is 2.18. The molecule has 0 aliphatic carbocycles. The highest BCUT2D eigenvalue weighted by Gasteiger charge is 2.16. The molecule has 0 aliphatic rings. The van der Waals surface area contributed by atoms with Gasteiger partial charge in [-0.1, -0.05) is 0 Å². The van der Waals surface area contributed by atoms with Gasteiger partial charge in [0.25, 0.3) is 5.56 Å². The molecule has 0 atom stereocenters. The summed E-state index contributed by atoms with van der Waals surface area (Å²) >= 11 is 0. The van der Waals surface area contributed by atoms with Gasteiger partial charge in [0.1, 0.15) is 24.0 Å². The summed E-state index contributed by atoms with van der Waals surface area (Å²) in [6, 6.07) is 7.92. The first kappa shape index (κ1) is 19.6. The van der Waals surface area contributed by atoms with E-state index in [1.807, 2.05) is 6.07 Å². The molecule has 0 saturated carbocycles. The maximum absolute atomic E-state index is 12.2. The third-order valence-corrected chi connectivity index (χ3v) is 5.75. The molecule has 0 fully saturated rings. The maximum atomic E-state index is 12.2. The van der Waals surface area contributed by atoms with E-state index in [0.29, 0.717) is 17.0 Å². The van der Waals surface area contributed by atoms with Crippen LogP contribution in [0.1, 0.15) is 16.8 Å². The summed E-state index contributed by atoms with van der Waals surface area (Å²) in [6.45, 7) is 3.75. The summed E-state index contributed by atoms with van der Waals surface area (Å²) in [6.07, 6.45) is 0. The number of ether oxygens (including phenoxy) is 1. The Morgan fingerprint density at radius 2 is 1.85 bits per heavy atom. The van der Waals surface area contributed by atoms with Crippen molar-refractivity contribution in [3.05, 3.63) is 51.4 Å². The van der Waals surface area contributed by atoms with Crippen molar-refractivity contribution >= 4 is 10.0 Å². The quantitative estimate of drug-likeness (QED) is 0.746. The lowest BCUT2D eigenvalue weighted by atomic mass is 10.1. The lowest BCUT2D eigenvalue weighted by Gasteiger charge is -2.12. The third kappa shape index (κ3) is 3.92. The predicted molar refractivity (Wildman–Crippen MR) is 95.5 cm³/mol. The Morgan fingerprint density at radius 1 is 1.23 bits per heavy atom. The molecule has 138 valence electrons. The van der Waals surface area contributed by atoms with E-state index in [4.69, 9.17) is 10.00 Å². The highest BCUT2D eigenvalue weighted by molar-refractivity contribution is 7.89. The molecule has 8 nitrogen and oxygen atoms in total. The number of rotatable bonds is 6. The van der Waals surface area contributed by atoms with Crippen LogP contribution in [0.5, 0.6) is 5.75 Å². The van der Waals surface area contributed by atoms with Gasteiger partial charge in [-0.25, -0.2) is 17.4 Å². The van der Waals surface area contributed by atoms with Crippen LogP contribution >= 0.6 is 0 Å². The zero-order valence-electron chi connectivity index (χ0n) is 15.1. The monoisotopic (exact) mass is 376 g/mol. The molecule has 0 N–H and O–H groups in total. The molecule has 26 heavy (non-hydrogen) atoms. The Kier molecular flexibility index (Phi) is 5.79. The van der Waals surface area contributed by atoms with Crippen LogP contribution in [0, 0.1) is 25.2 Å². The Bertz CT molecular complexity index is 1000. The van der Waals surface area contributed by atoms with E-state index in [2.05, 4.69) is 5.10 Å². The number of sulfonamides is 1. The molecule has 1 aromatic heterocycles. The smallest absolute Gasteiger partial charge is 0.285 e. The van der Waals surface area contributed by atoms with E-state index < -0.39 is 15.6 Å². The molecule has 9 heteroatoms. The molecule has 0 saturated heterocycles. The van der Waals surface area contributed by atoms with Crippen LogP contribution in [0.2, 0.25) is 0 Å². The van der Waals surface area contributed by atoms with Gasteiger partial charge in [0, 0.05) is 14.1 Å². The number of nitriles is 1. The molecule has 0 bridgehead atoms. The number of aryl methyl sites for hydroxylation is 1.